The molecule has 39 heavy (non-hydrogen) atoms. The Morgan fingerprint density at radius 2 is 1.82 bits per heavy atom. The first-order valence-corrected chi connectivity index (χ1v) is 16.4. The number of ether oxygens (including phenoxy) is 2. The van der Waals surface area contributed by atoms with Crippen molar-refractivity contribution in [3.63, 3.8) is 0 Å². The zero-order valence-corrected chi connectivity index (χ0v) is 25.6. The number of hydrogen-bond donors (Lipinski definition) is 1. The molecule has 2 aromatic rings. The maximum absolute atomic E-state index is 12.8. The molecule has 0 radical (unpaired) electrons. The molecule has 1 aromatic heterocycles. The summed E-state index contributed by atoms with van der Waals surface area (Å²) in [6, 6.07) is 6.43. The number of benzene rings is 1. The molecule has 0 unspecified atom stereocenters. The minimum absolute atomic E-state index is 0.0279. The van der Waals surface area contributed by atoms with E-state index in [1.807, 2.05) is 27.7 Å². The number of aromatic amines is 1. The molecule has 1 aliphatic rings. The zero-order valence-electron chi connectivity index (χ0n) is 24.6. The Morgan fingerprint density at radius 3 is 2.38 bits per heavy atom. The lowest BCUT2D eigenvalue weighted by molar-refractivity contribution is -0.386. The number of rotatable bonds is 9. The second-order valence-electron chi connectivity index (χ2n) is 12.9. The van der Waals surface area contributed by atoms with E-state index >= 15 is 0 Å². The number of para-hydroxylation sites is 1. The van der Waals surface area contributed by atoms with Gasteiger partial charge in [-0.15, -0.1) is 0 Å². The lowest BCUT2D eigenvalue weighted by Gasteiger charge is -2.39. The van der Waals surface area contributed by atoms with Gasteiger partial charge in [-0.25, -0.2) is 4.79 Å². The summed E-state index contributed by atoms with van der Waals surface area (Å²) in [5.41, 5.74) is -1.03. The van der Waals surface area contributed by atoms with Gasteiger partial charge in [-0.2, -0.15) is 0 Å². The molecule has 2 heterocycles. The molecule has 216 valence electrons. The molecule has 1 aromatic carbocycles. The van der Waals surface area contributed by atoms with Crippen LogP contribution in [0.5, 0.6) is 0 Å². The van der Waals surface area contributed by atoms with E-state index in [0.29, 0.717) is 12.0 Å². The fourth-order valence-corrected chi connectivity index (χ4v) is 5.97. The number of hydrogen-bond acceptors (Lipinski definition) is 7. The maximum Gasteiger partial charge on any atom is 0.330 e. The third-order valence-electron chi connectivity index (χ3n) is 7.79. The number of H-pyrrole nitrogens is 1. The van der Waals surface area contributed by atoms with Crippen LogP contribution in [0.3, 0.4) is 0 Å². The topological polar surface area (TPSA) is 126 Å². The van der Waals surface area contributed by atoms with Crippen molar-refractivity contribution in [3.05, 3.63) is 72.5 Å². The summed E-state index contributed by atoms with van der Waals surface area (Å²) in [5.74, 6) is 0. The Balaban J connectivity index is 1.88. The van der Waals surface area contributed by atoms with E-state index in [1.165, 1.54) is 16.8 Å². The normalized spacial score (nSPS) is 21.2. The predicted molar refractivity (Wildman–Crippen MR) is 152 cm³/mol. The first-order valence-electron chi connectivity index (χ1n) is 13.5. The van der Waals surface area contributed by atoms with Crippen molar-refractivity contribution in [1.82, 2.24) is 9.55 Å². The van der Waals surface area contributed by atoms with Crippen LogP contribution >= 0.6 is 0 Å². The van der Waals surface area contributed by atoms with Gasteiger partial charge in [0.25, 0.3) is 11.2 Å². The lowest BCUT2D eigenvalue weighted by Crippen LogP contribution is -2.45. The highest BCUT2D eigenvalue weighted by molar-refractivity contribution is 6.74. The van der Waals surface area contributed by atoms with Crippen molar-refractivity contribution >= 4 is 14.0 Å². The molecule has 10 nitrogen and oxygen atoms in total. The summed E-state index contributed by atoms with van der Waals surface area (Å²) in [5, 5.41) is 11.7. The fourth-order valence-electron chi connectivity index (χ4n) is 4.61. The van der Waals surface area contributed by atoms with Crippen molar-refractivity contribution in [1.29, 1.82) is 0 Å². The average molecular weight is 562 g/mol. The molecule has 0 aliphatic carbocycles. The zero-order chi connectivity index (χ0) is 29.3. The molecular weight excluding hydrogens is 518 g/mol. The quantitative estimate of drug-likeness (QED) is 0.232. The van der Waals surface area contributed by atoms with E-state index in [2.05, 4.69) is 38.8 Å². The van der Waals surface area contributed by atoms with E-state index in [0.717, 1.165) is 6.42 Å². The molecule has 1 saturated heterocycles. The van der Waals surface area contributed by atoms with Crippen molar-refractivity contribution in [3.8, 4) is 0 Å². The third kappa shape index (κ3) is 6.94. The summed E-state index contributed by atoms with van der Waals surface area (Å²) in [6.07, 6.45) is 1.09. The number of nitro benzene ring substituents is 1. The highest BCUT2D eigenvalue weighted by Crippen LogP contribution is 2.42. The smallest absolute Gasteiger partial charge is 0.330 e. The summed E-state index contributed by atoms with van der Waals surface area (Å²) in [7, 11) is -2.07. The van der Waals surface area contributed by atoms with Gasteiger partial charge in [0.05, 0.1) is 41.0 Å². The number of aromatic nitrogens is 2. The molecule has 0 amide bonds. The largest absolute Gasteiger partial charge is 0.411 e. The second kappa shape index (κ2) is 11.5. The van der Waals surface area contributed by atoms with Gasteiger partial charge in [0.15, 0.2) is 8.32 Å². The summed E-state index contributed by atoms with van der Waals surface area (Å²) in [6.45, 7) is 18.6. The van der Waals surface area contributed by atoms with Crippen LogP contribution in [0.4, 0.5) is 5.69 Å². The summed E-state index contributed by atoms with van der Waals surface area (Å²) in [4.78, 5) is 39.2. The minimum atomic E-state index is -2.07. The van der Waals surface area contributed by atoms with Gasteiger partial charge in [-0.05, 0) is 36.0 Å². The maximum atomic E-state index is 12.8. The SMILES string of the molecule is CC[C@H]1O[C@@H](n2cc(CO[C@H](c3ccccc3[N+](=O)[O-])C(C)(C)C)c(=O)[nH]c2=O)C[C@H]1O[Si](C)(C)C(C)(C)C. The van der Waals surface area contributed by atoms with Gasteiger partial charge in [0.1, 0.15) is 6.23 Å². The average Bonchev–Trinajstić information content (AvgIpc) is 3.20. The molecule has 0 spiro atoms. The van der Waals surface area contributed by atoms with Crippen LogP contribution in [0.1, 0.15) is 84.8 Å². The van der Waals surface area contributed by atoms with E-state index in [9.17, 15) is 19.7 Å². The van der Waals surface area contributed by atoms with Crippen LogP contribution in [0.25, 0.3) is 0 Å². The second-order valence-corrected chi connectivity index (χ2v) is 17.6. The molecular formula is C28H43N3O7Si. The third-order valence-corrected chi connectivity index (χ3v) is 12.3. The van der Waals surface area contributed by atoms with E-state index < -0.39 is 42.2 Å². The molecule has 1 N–H and O–H groups in total. The number of nitrogens with zero attached hydrogens (tertiary/aromatic N) is 2. The van der Waals surface area contributed by atoms with Gasteiger partial charge < -0.3 is 13.9 Å². The standard InChI is InChI=1S/C28H43N3O7Si/c1-10-21-22(38-39(8,9)28(5,6)7)15-23(37-21)30-16-18(25(32)29-26(30)33)17-36-24(27(2,3)4)19-13-11-12-14-20(19)31(34)35/h11-14,16,21-24H,10,15,17H2,1-9H3,(H,29,32,33)/t21-,22-,23-,24-/m1/s1. The molecule has 1 fully saturated rings. The van der Waals surface area contributed by atoms with Gasteiger partial charge in [-0.1, -0.05) is 60.6 Å². The molecule has 11 heteroatoms. The van der Waals surface area contributed by atoms with E-state index in [-0.39, 0.29) is 35.1 Å². The molecule has 4 atom stereocenters. The van der Waals surface area contributed by atoms with Crippen molar-refractivity contribution < 1.29 is 18.8 Å². The van der Waals surface area contributed by atoms with Crippen molar-refractivity contribution in [2.24, 2.45) is 5.41 Å². The van der Waals surface area contributed by atoms with Gasteiger partial charge in [0, 0.05) is 18.7 Å². The number of nitro groups is 1. The summed E-state index contributed by atoms with van der Waals surface area (Å²) >= 11 is 0. The van der Waals surface area contributed by atoms with Crippen LogP contribution in [0.15, 0.2) is 40.1 Å². The molecule has 1 aliphatic heterocycles. The molecule has 3 rings (SSSR count). The van der Waals surface area contributed by atoms with Crippen LogP contribution in [0, 0.1) is 15.5 Å². The first-order chi connectivity index (χ1) is 18.0. The van der Waals surface area contributed by atoms with Crippen LogP contribution in [-0.4, -0.2) is 35.0 Å². The van der Waals surface area contributed by atoms with Gasteiger partial charge in [0.2, 0.25) is 0 Å². The highest BCUT2D eigenvalue weighted by atomic mass is 28.4. The van der Waals surface area contributed by atoms with Crippen LogP contribution < -0.4 is 11.2 Å². The Morgan fingerprint density at radius 1 is 1.18 bits per heavy atom. The Labute approximate surface area is 231 Å². The minimum Gasteiger partial charge on any atom is -0.411 e. The lowest BCUT2D eigenvalue weighted by atomic mass is 9.84. The van der Waals surface area contributed by atoms with Gasteiger partial charge >= 0.3 is 5.69 Å². The predicted octanol–water partition coefficient (Wildman–Crippen LogP) is 5.84. The van der Waals surface area contributed by atoms with Crippen LogP contribution in [0.2, 0.25) is 18.1 Å². The summed E-state index contributed by atoms with van der Waals surface area (Å²) < 4.78 is 20.5. The van der Waals surface area contributed by atoms with Crippen molar-refractivity contribution in [2.45, 2.75) is 111 Å². The van der Waals surface area contributed by atoms with E-state index in [4.69, 9.17) is 13.9 Å². The van der Waals surface area contributed by atoms with Crippen LogP contribution in [-0.2, 0) is 20.5 Å². The molecule has 0 bridgehead atoms. The Bertz CT molecular complexity index is 1290. The fraction of sp³-hybridized carbons (Fsp3) is 0.643. The van der Waals surface area contributed by atoms with Crippen molar-refractivity contribution in [2.75, 3.05) is 0 Å². The van der Waals surface area contributed by atoms with Gasteiger partial charge in [-0.3, -0.25) is 24.5 Å². The Kier molecular flexibility index (Phi) is 9.11. The highest BCUT2D eigenvalue weighted by Gasteiger charge is 2.44. The monoisotopic (exact) mass is 561 g/mol. The van der Waals surface area contributed by atoms with E-state index in [1.54, 1.807) is 18.2 Å². The Hall–Kier alpha value is -2.60. The first kappa shape index (κ1) is 30.9. The molecule has 0 saturated carbocycles. The number of nitrogens with one attached hydrogen (secondary N) is 1.